The molecule has 0 aliphatic carbocycles. The molecule has 0 atom stereocenters. The Morgan fingerprint density at radius 1 is 1.35 bits per heavy atom. The van der Waals surface area contributed by atoms with Crippen LogP contribution in [-0.4, -0.2) is 19.7 Å². The maximum atomic E-state index is 11.8. The second-order valence-corrected chi connectivity index (χ2v) is 4.09. The minimum atomic E-state index is -0.628. The number of benzene rings is 1. The van der Waals surface area contributed by atoms with Gasteiger partial charge in [-0.1, -0.05) is 12.1 Å². The molecule has 3 rings (SSSR count). The Bertz CT molecular complexity index is 881. The van der Waals surface area contributed by atoms with Crippen LogP contribution >= 0.6 is 0 Å². The summed E-state index contributed by atoms with van der Waals surface area (Å²) in [6, 6.07) is 5.94. The Balaban J connectivity index is 2.33. The highest BCUT2D eigenvalue weighted by Crippen LogP contribution is 2.27. The first kappa shape index (κ1) is 12.0. The Hall–Kier alpha value is -3.03. The molecular weight excluding hydrogens is 264 g/mol. The largest absolute Gasteiger partial charge is 0.403 e. The van der Waals surface area contributed by atoms with E-state index in [1.807, 2.05) is 0 Å². The zero-order valence-corrected chi connectivity index (χ0v) is 10.3. The molecule has 2 heterocycles. The lowest BCUT2D eigenvalue weighted by Crippen LogP contribution is -2.04. The number of nitro groups is 1. The molecule has 100 valence electrons. The van der Waals surface area contributed by atoms with Crippen LogP contribution in [0.5, 0.6) is 0 Å². The van der Waals surface area contributed by atoms with Crippen molar-refractivity contribution < 1.29 is 9.34 Å². The van der Waals surface area contributed by atoms with Crippen molar-refractivity contribution >= 4 is 16.7 Å². The van der Waals surface area contributed by atoms with E-state index in [-0.39, 0.29) is 22.5 Å². The summed E-state index contributed by atoms with van der Waals surface area (Å²) in [4.78, 5) is 26.4. The minimum absolute atomic E-state index is 0.0987. The number of fused-ring (bicyclic) bond motifs is 1. The van der Waals surface area contributed by atoms with E-state index in [9.17, 15) is 14.9 Å². The highest BCUT2D eigenvalue weighted by Gasteiger charge is 2.19. The van der Waals surface area contributed by atoms with Crippen molar-refractivity contribution in [2.75, 3.05) is 0 Å². The molecule has 0 saturated heterocycles. The summed E-state index contributed by atoms with van der Waals surface area (Å²) in [5.41, 5.74) is -0.340. The lowest BCUT2D eigenvalue weighted by Gasteiger charge is -2.01. The zero-order chi connectivity index (χ0) is 14.3. The van der Waals surface area contributed by atoms with Crippen LogP contribution in [0, 0.1) is 10.1 Å². The first-order valence-corrected chi connectivity index (χ1v) is 5.64. The second-order valence-electron chi connectivity index (χ2n) is 4.09. The quantitative estimate of drug-likeness (QED) is 0.517. The van der Waals surface area contributed by atoms with Gasteiger partial charge in [0.15, 0.2) is 5.65 Å². The van der Waals surface area contributed by atoms with Crippen molar-refractivity contribution in [1.29, 1.82) is 0 Å². The SMILES string of the molecule is Cn1ncc2c(=O)oc(-c3ccccc3[N+](=O)[O-])nc21. The molecule has 0 unspecified atom stereocenters. The van der Waals surface area contributed by atoms with Gasteiger partial charge in [0.25, 0.3) is 5.69 Å². The lowest BCUT2D eigenvalue weighted by atomic mass is 10.2. The molecule has 1 aromatic carbocycles. The van der Waals surface area contributed by atoms with Crippen molar-refractivity contribution in [3.63, 3.8) is 0 Å². The highest BCUT2D eigenvalue weighted by molar-refractivity contribution is 5.76. The molecule has 0 aliphatic rings. The van der Waals surface area contributed by atoms with E-state index in [0.29, 0.717) is 5.65 Å². The second kappa shape index (κ2) is 4.26. The number of aryl methyl sites for hydroxylation is 1. The smallest absolute Gasteiger partial charge is 0.350 e. The fourth-order valence-electron chi connectivity index (χ4n) is 1.90. The summed E-state index contributed by atoms with van der Waals surface area (Å²) in [6.45, 7) is 0. The third-order valence-electron chi connectivity index (χ3n) is 2.86. The monoisotopic (exact) mass is 272 g/mol. The molecule has 0 N–H and O–H groups in total. The third-order valence-corrected chi connectivity index (χ3v) is 2.86. The molecule has 0 aliphatic heterocycles. The summed E-state index contributed by atoms with van der Waals surface area (Å²) in [7, 11) is 1.62. The number of nitro benzene ring substituents is 1. The van der Waals surface area contributed by atoms with E-state index in [1.54, 1.807) is 13.1 Å². The fraction of sp³-hybridized carbons (Fsp3) is 0.0833. The number of nitrogens with zero attached hydrogens (tertiary/aromatic N) is 4. The number of hydrogen-bond acceptors (Lipinski definition) is 6. The van der Waals surface area contributed by atoms with E-state index in [0.717, 1.165) is 0 Å². The molecule has 2 aromatic heterocycles. The van der Waals surface area contributed by atoms with Gasteiger partial charge in [0.1, 0.15) is 10.9 Å². The van der Waals surface area contributed by atoms with E-state index in [1.165, 1.54) is 29.1 Å². The van der Waals surface area contributed by atoms with E-state index in [2.05, 4.69) is 10.1 Å². The Labute approximate surface area is 111 Å². The van der Waals surface area contributed by atoms with Gasteiger partial charge in [0, 0.05) is 13.1 Å². The maximum absolute atomic E-state index is 11.8. The van der Waals surface area contributed by atoms with Gasteiger partial charge in [-0.15, -0.1) is 0 Å². The average Bonchev–Trinajstić information content (AvgIpc) is 2.81. The first-order valence-electron chi connectivity index (χ1n) is 5.64. The van der Waals surface area contributed by atoms with Crippen molar-refractivity contribution in [1.82, 2.24) is 14.8 Å². The fourth-order valence-corrected chi connectivity index (χ4v) is 1.90. The molecule has 0 amide bonds. The summed E-state index contributed by atoms with van der Waals surface area (Å²) < 4.78 is 6.46. The van der Waals surface area contributed by atoms with Gasteiger partial charge in [-0.3, -0.25) is 14.8 Å². The summed E-state index contributed by atoms with van der Waals surface area (Å²) in [5, 5.41) is 15.1. The van der Waals surface area contributed by atoms with Gasteiger partial charge in [0.2, 0.25) is 5.89 Å². The van der Waals surface area contributed by atoms with Gasteiger partial charge in [-0.05, 0) is 6.07 Å². The van der Waals surface area contributed by atoms with Crippen molar-refractivity contribution in [2.45, 2.75) is 0 Å². The van der Waals surface area contributed by atoms with Gasteiger partial charge < -0.3 is 4.42 Å². The molecule has 0 saturated carbocycles. The molecule has 3 aromatic rings. The van der Waals surface area contributed by atoms with Gasteiger partial charge in [-0.25, -0.2) is 4.79 Å². The Morgan fingerprint density at radius 2 is 2.10 bits per heavy atom. The third kappa shape index (κ3) is 1.74. The summed E-state index contributed by atoms with van der Waals surface area (Å²) in [5.74, 6) is -0.0987. The average molecular weight is 272 g/mol. The normalized spacial score (nSPS) is 10.8. The predicted molar refractivity (Wildman–Crippen MR) is 69.1 cm³/mol. The van der Waals surface area contributed by atoms with Crippen molar-refractivity contribution in [3.8, 4) is 11.5 Å². The number of hydrogen-bond donors (Lipinski definition) is 0. The minimum Gasteiger partial charge on any atom is -0.403 e. The van der Waals surface area contributed by atoms with Crippen LogP contribution in [0.1, 0.15) is 0 Å². The Kier molecular flexibility index (Phi) is 2.56. The molecule has 0 radical (unpaired) electrons. The van der Waals surface area contributed by atoms with Crippen molar-refractivity contribution in [3.05, 3.63) is 51.0 Å². The number of rotatable bonds is 2. The van der Waals surface area contributed by atoms with Gasteiger partial charge >= 0.3 is 5.63 Å². The molecular formula is C12H8N4O4. The maximum Gasteiger partial charge on any atom is 0.350 e. The number of aromatic nitrogens is 3. The predicted octanol–water partition coefficient (Wildman–Crippen LogP) is 1.50. The number of para-hydroxylation sites is 1. The van der Waals surface area contributed by atoms with Crippen LogP contribution < -0.4 is 5.63 Å². The Morgan fingerprint density at radius 3 is 2.85 bits per heavy atom. The van der Waals surface area contributed by atoms with E-state index < -0.39 is 10.5 Å². The summed E-state index contributed by atoms with van der Waals surface area (Å²) in [6.07, 6.45) is 1.34. The van der Waals surface area contributed by atoms with Crippen LogP contribution in [0.15, 0.2) is 39.7 Å². The van der Waals surface area contributed by atoms with Crippen LogP contribution in [0.3, 0.4) is 0 Å². The topological polar surface area (TPSA) is 104 Å². The zero-order valence-electron chi connectivity index (χ0n) is 10.3. The van der Waals surface area contributed by atoms with E-state index >= 15 is 0 Å². The van der Waals surface area contributed by atoms with Crippen LogP contribution in [0.25, 0.3) is 22.5 Å². The molecule has 20 heavy (non-hydrogen) atoms. The molecule has 0 fully saturated rings. The molecule has 0 spiro atoms. The molecule has 0 bridgehead atoms. The first-order chi connectivity index (χ1) is 9.58. The van der Waals surface area contributed by atoms with Crippen LogP contribution in [0.2, 0.25) is 0 Å². The standard InChI is InChI=1S/C12H8N4O4/c1-15-10-8(6-13-15)12(17)20-11(14-10)7-4-2-3-5-9(7)16(18)19/h2-6H,1H3. The van der Waals surface area contributed by atoms with Crippen LogP contribution in [-0.2, 0) is 7.05 Å². The van der Waals surface area contributed by atoms with Crippen LogP contribution in [0.4, 0.5) is 5.69 Å². The van der Waals surface area contributed by atoms with Crippen molar-refractivity contribution in [2.24, 2.45) is 7.05 Å². The lowest BCUT2D eigenvalue weighted by molar-refractivity contribution is -0.384. The molecule has 8 nitrogen and oxygen atoms in total. The van der Waals surface area contributed by atoms with E-state index in [4.69, 9.17) is 4.42 Å². The van der Waals surface area contributed by atoms with Gasteiger partial charge in [0.05, 0.1) is 11.1 Å². The molecule has 8 heteroatoms. The van der Waals surface area contributed by atoms with Gasteiger partial charge in [-0.2, -0.15) is 10.1 Å². The summed E-state index contributed by atoms with van der Waals surface area (Å²) >= 11 is 0. The highest BCUT2D eigenvalue weighted by atomic mass is 16.6.